The zero-order valence-corrected chi connectivity index (χ0v) is 16.9. The number of nitrogens with zero attached hydrogens (tertiary/aromatic N) is 3. The first-order valence-corrected chi connectivity index (χ1v) is 10.8. The van der Waals surface area contributed by atoms with Crippen LogP contribution in [0.2, 0.25) is 0 Å². The summed E-state index contributed by atoms with van der Waals surface area (Å²) < 4.78 is 0. The molecule has 2 heterocycles. The molecule has 4 rings (SSSR count). The van der Waals surface area contributed by atoms with Crippen molar-refractivity contribution in [2.45, 2.75) is 45.4 Å². The number of pyridine rings is 1. The lowest BCUT2D eigenvalue weighted by Crippen LogP contribution is -2.41. The fraction of sp³-hybridized carbons (Fsp3) is 0.500. The highest BCUT2D eigenvalue weighted by Crippen LogP contribution is 2.24. The van der Waals surface area contributed by atoms with E-state index in [1.807, 2.05) is 18.3 Å². The summed E-state index contributed by atoms with van der Waals surface area (Å²) >= 11 is 0. The first-order valence-electron chi connectivity index (χ1n) is 10.8. The average Bonchev–Trinajstić information content (AvgIpc) is 3.21. The zero-order chi connectivity index (χ0) is 19.3. The van der Waals surface area contributed by atoms with E-state index in [0.29, 0.717) is 12.3 Å². The molecule has 28 heavy (non-hydrogen) atoms. The number of piperidine rings is 1. The van der Waals surface area contributed by atoms with Gasteiger partial charge in [0.2, 0.25) is 5.91 Å². The Morgan fingerprint density at radius 1 is 1.14 bits per heavy atom. The standard InChI is InChI=1S/C24H31N3O/c1-2-26(24(28)17-20-9-10-21-6-5-7-22(21)16-20)18-19-11-14-27(15-12-19)23-8-3-4-13-25-23/h3-4,8-10,13,16,19H,2,5-7,11-12,14-15,17-18H2,1H3. The molecule has 4 nitrogen and oxygen atoms in total. The number of carbonyl (C=O) groups is 1. The summed E-state index contributed by atoms with van der Waals surface area (Å²) in [5.74, 6) is 1.93. The van der Waals surface area contributed by atoms with E-state index in [2.05, 4.69) is 46.0 Å². The molecule has 4 heteroatoms. The zero-order valence-electron chi connectivity index (χ0n) is 16.9. The molecule has 1 amide bonds. The van der Waals surface area contributed by atoms with Gasteiger partial charge >= 0.3 is 0 Å². The minimum atomic E-state index is 0.271. The fourth-order valence-electron chi connectivity index (χ4n) is 4.63. The minimum absolute atomic E-state index is 0.271. The van der Waals surface area contributed by atoms with Gasteiger partial charge in [0.1, 0.15) is 5.82 Å². The number of fused-ring (bicyclic) bond motifs is 1. The first-order chi connectivity index (χ1) is 13.7. The molecule has 0 radical (unpaired) electrons. The van der Waals surface area contributed by atoms with Gasteiger partial charge in [-0.15, -0.1) is 0 Å². The SMILES string of the molecule is CCN(CC1CCN(c2ccccn2)CC1)C(=O)Cc1ccc2c(c1)CCC2. The molecule has 2 aromatic rings. The number of benzene rings is 1. The van der Waals surface area contributed by atoms with Crippen LogP contribution < -0.4 is 4.90 Å². The molecule has 0 saturated carbocycles. The van der Waals surface area contributed by atoms with E-state index in [1.165, 1.54) is 36.0 Å². The van der Waals surface area contributed by atoms with Gasteiger partial charge in [-0.25, -0.2) is 4.98 Å². The minimum Gasteiger partial charge on any atom is -0.357 e. The van der Waals surface area contributed by atoms with Crippen LogP contribution in [0.25, 0.3) is 0 Å². The Bertz CT molecular complexity index is 797. The van der Waals surface area contributed by atoms with Gasteiger partial charge < -0.3 is 9.80 Å². The molecular weight excluding hydrogens is 346 g/mol. The van der Waals surface area contributed by atoms with Crippen LogP contribution in [0.5, 0.6) is 0 Å². The molecule has 0 atom stereocenters. The molecule has 1 fully saturated rings. The summed E-state index contributed by atoms with van der Waals surface area (Å²) in [6.07, 6.45) is 8.26. The molecule has 1 aromatic heterocycles. The van der Waals surface area contributed by atoms with Crippen LogP contribution in [0.4, 0.5) is 5.82 Å². The number of aromatic nitrogens is 1. The summed E-state index contributed by atoms with van der Waals surface area (Å²) in [6, 6.07) is 12.7. The number of likely N-dealkylation sites (N-methyl/N-ethyl adjacent to an activating group) is 1. The van der Waals surface area contributed by atoms with Crippen molar-refractivity contribution in [3.8, 4) is 0 Å². The second-order valence-electron chi connectivity index (χ2n) is 8.18. The van der Waals surface area contributed by atoms with Crippen LogP contribution in [0, 0.1) is 5.92 Å². The van der Waals surface area contributed by atoms with E-state index in [-0.39, 0.29) is 5.91 Å². The topological polar surface area (TPSA) is 36.4 Å². The van der Waals surface area contributed by atoms with Gasteiger partial charge in [0.15, 0.2) is 0 Å². The molecule has 1 aliphatic heterocycles. The van der Waals surface area contributed by atoms with Crippen molar-refractivity contribution >= 4 is 11.7 Å². The maximum absolute atomic E-state index is 12.9. The number of anilines is 1. The van der Waals surface area contributed by atoms with E-state index >= 15 is 0 Å². The average molecular weight is 378 g/mol. The highest BCUT2D eigenvalue weighted by Gasteiger charge is 2.24. The summed E-state index contributed by atoms with van der Waals surface area (Å²) in [7, 11) is 0. The molecule has 0 N–H and O–H groups in total. The number of carbonyl (C=O) groups excluding carboxylic acids is 1. The van der Waals surface area contributed by atoms with Crippen LogP contribution in [0.1, 0.15) is 42.9 Å². The number of rotatable bonds is 6. The highest BCUT2D eigenvalue weighted by molar-refractivity contribution is 5.78. The van der Waals surface area contributed by atoms with Crippen molar-refractivity contribution in [3.63, 3.8) is 0 Å². The lowest BCUT2D eigenvalue weighted by Gasteiger charge is -2.35. The molecule has 0 bridgehead atoms. The summed E-state index contributed by atoms with van der Waals surface area (Å²) in [6.45, 7) is 5.83. The van der Waals surface area contributed by atoms with Crippen LogP contribution in [-0.2, 0) is 24.1 Å². The molecule has 2 aliphatic rings. The van der Waals surface area contributed by atoms with E-state index in [0.717, 1.165) is 44.8 Å². The van der Waals surface area contributed by atoms with Crippen molar-refractivity contribution in [1.29, 1.82) is 0 Å². The van der Waals surface area contributed by atoms with Gasteiger partial charge in [-0.05, 0) is 73.8 Å². The Kier molecular flexibility index (Phi) is 5.94. The largest absolute Gasteiger partial charge is 0.357 e. The van der Waals surface area contributed by atoms with Crippen LogP contribution >= 0.6 is 0 Å². The summed E-state index contributed by atoms with van der Waals surface area (Å²) in [4.78, 5) is 21.8. The monoisotopic (exact) mass is 377 g/mol. The van der Waals surface area contributed by atoms with Gasteiger partial charge in [0.05, 0.1) is 6.42 Å². The lowest BCUT2D eigenvalue weighted by atomic mass is 9.95. The first kappa shape index (κ1) is 19.0. The smallest absolute Gasteiger partial charge is 0.226 e. The predicted molar refractivity (Wildman–Crippen MR) is 114 cm³/mol. The van der Waals surface area contributed by atoms with E-state index < -0.39 is 0 Å². The summed E-state index contributed by atoms with van der Waals surface area (Å²) in [5.41, 5.74) is 4.10. The van der Waals surface area contributed by atoms with Crippen molar-refractivity contribution in [1.82, 2.24) is 9.88 Å². The third-order valence-electron chi connectivity index (χ3n) is 6.32. The Morgan fingerprint density at radius 3 is 2.71 bits per heavy atom. The van der Waals surface area contributed by atoms with Crippen molar-refractivity contribution in [3.05, 3.63) is 59.3 Å². The Hall–Kier alpha value is -2.36. The van der Waals surface area contributed by atoms with E-state index in [9.17, 15) is 4.79 Å². The second kappa shape index (κ2) is 8.76. The molecular formula is C24H31N3O. The molecule has 1 aliphatic carbocycles. The number of amides is 1. The quantitative estimate of drug-likeness (QED) is 0.767. The Labute approximate surface area is 168 Å². The van der Waals surface area contributed by atoms with Gasteiger partial charge in [-0.1, -0.05) is 24.3 Å². The number of hydrogen-bond acceptors (Lipinski definition) is 3. The fourth-order valence-corrected chi connectivity index (χ4v) is 4.63. The van der Waals surface area contributed by atoms with Gasteiger partial charge in [-0.2, -0.15) is 0 Å². The van der Waals surface area contributed by atoms with Crippen LogP contribution in [0.15, 0.2) is 42.6 Å². The molecule has 0 unspecified atom stereocenters. The number of hydrogen-bond donors (Lipinski definition) is 0. The van der Waals surface area contributed by atoms with Crippen molar-refractivity contribution < 1.29 is 4.79 Å². The predicted octanol–water partition coefficient (Wildman–Crippen LogP) is 3.88. The normalized spacial score (nSPS) is 16.8. The molecule has 1 saturated heterocycles. The van der Waals surface area contributed by atoms with Crippen molar-refractivity contribution in [2.75, 3.05) is 31.1 Å². The second-order valence-corrected chi connectivity index (χ2v) is 8.18. The third kappa shape index (κ3) is 4.37. The lowest BCUT2D eigenvalue weighted by molar-refractivity contribution is -0.131. The number of aryl methyl sites for hydroxylation is 2. The Morgan fingerprint density at radius 2 is 1.96 bits per heavy atom. The van der Waals surface area contributed by atoms with Crippen LogP contribution in [-0.4, -0.2) is 42.0 Å². The van der Waals surface area contributed by atoms with Gasteiger partial charge in [0.25, 0.3) is 0 Å². The van der Waals surface area contributed by atoms with Gasteiger partial charge in [-0.3, -0.25) is 4.79 Å². The maximum atomic E-state index is 12.9. The summed E-state index contributed by atoms with van der Waals surface area (Å²) in [5, 5.41) is 0. The highest BCUT2D eigenvalue weighted by atomic mass is 16.2. The Balaban J connectivity index is 1.30. The van der Waals surface area contributed by atoms with Crippen LogP contribution in [0.3, 0.4) is 0 Å². The maximum Gasteiger partial charge on any atom is 0.226 e. The van der Waals surface area contributed by atoms with E-state index in [4.69, 9.17) is 0 Å². The van der Waals surface area contributed by atoms with Gasteiger partial charge in [0, 0.05) is 32.4 Å². The third-order valence-corrected chi connectivity index (χ3v) is 6.32. The molecule has 148 valence electrons. The molecule has 0 spiro atoms. The molecule has 1 aromatic carbocycles. The van der Waals surface area contributed by atoms with E-state index in [1.54, 1.807) is 0 Å². The van der Waals surface area contributed by atoms with Crippen molar-refractivity contribution in [2.24, 2.45) is 5.92 Å².